The van der Waals surface area contributed by atoms with Gasteiger partial charge in [0, 0.05) is 12.4 Å². The van der Waals surface area contributed by atoms with Gasteiger partial charge in [-0.15, -0.1) is 0 Å². The summed E-state index contributed by atoms with van der Waals surface area (Å²) in [7, 11) is 0. The Morgan fingerprint density at radius 3 is 2.57 bits per heavy atom. The molecule has 0 unspecified atom stereocenters. The number of amides is 1. The van der Waals surface area contributed by atoms with Gasteiger partial charge in [0.05, 0.1) is 5.69 Å². The van der Waals surface area contributed by atoms with Crippen molar-refractivity contribution in [1.29, 1.82) is 0 Å². The van der Waals surface area contributed by atoms with E-state index in [0.717, 1.165) is 10.8 Å². The van der Waals surface area contributed by atoms with E-state index in [1.807, 2.05) is 0 Å². The molecule has 1 rings (SSSR count). The maximum Gasteiger partial charge on any atom is 0.471 e. The average Bonchev–Trinajstić information content (AvgIpc) is 2.50. The molecule has 0 spiro atoms. The van der Waals surface area contributed by atoms with Crippen LogP contribution < -0.4 is 5.32 Å². The molecule has 0 saturated carbocycles. The molecule has 0 aliphatic rings. The van der Waals surface area contributed by atoms with E-state index >= 15 is 0 Å². The Balaban J connectivity index is 2.70. The average molecular weight is 206 g/mol. The summed E-state index contributed by atoms with van der Waals surface area (Å²) in [5.74, 6) is -2.07. The fourth-order valence-electron chi connectivity index (χ4n) is 0.755. The largest absolute Gasteiger partial charge is 0.471 e. The van der Waals surface area contributed by atoms with Crippen LogP contribution in [0.3, 0.4) is 0 Å². The van der Waals surface area contributed by atoms with Gasteiger partial charge in [-0.3, -0.25) is 14.2 Å². The van der Waals surface area contributed by atoms with Gasteiger partial charge in [-0.2, -0.15) is 13.2 Å². The van der Waals surface area contributed by atoms with Gasteiger partial charge >= 0.3 is 12.1 Å². The number of halogens is 3. The molecule has 0 bridgehead atoms. The fourth-order valence-corrected chi connectivity index (χ4v) is 0.755. The van der Waals surface area contributed by atoms with Crippen LogP contribution in [0.2, 0.25) is 0 Å². The minimum Gasteiger partial charge on any atom is -0.317 e. The predicted molar refractivity (Wildman–Crippen MR) is 41.3 cm³/mol. The lowest BCUT2D eigenvalue weighted by Crippen LogP contribution is -2.29. The molecule has 7 heteroatoms. The lowest BCUT2D eigenvalue weighted by molar-refractivity contribution is -0.167. The highest BCUT2D eigenvalue weighted by molar-refractivity contribution is 5.94. The highest BCUT2D eigenvalue weighted by Crippen LogP contribution is 2.17. The summed E-state index contributed by atoms with van der Waals surface area (Å²) < 4.78 is 36.2. The van der Waals surface area contributed by atoms with Crippen molar-refractivity contribution in [3.8, 4) is 0 Å². The molecule has 1 N–H and O–H groups in total. The summed E-state index contributed by atoms with van der Waals surface area (Å²) in [5, 5.41) is 1.59. The Bertz CT molecular complexity index is 356. The van der Waals surface area contributed by atoms with Crippen molar-refractivity contribution < 1.29 is 22.8 Å². The standard InChI is InChI=1S/C7H5F3N2O2/c8-7(9,10)6(14)11-5-1-2-12(3-5)4-13/h1-4H,(H,11,14). The molecule has 0 atom stereocenters. The van der Waals surface area contributed by atoms with Gasteiger partial charge in [0.25, 0.3) is 0 Å². The Labute approximate surface area is 76.3 Å². The molecule has 0 aromatic carbocycles. The van der Waals surface area contributed by atoms with Crippen LogP contribution in [0.1, 0.15) is 0 Å². The minimum atomic E-state index is -4.93. The third-order valence-electron chi connectivity index (χ3n) is 1.35. The summed E-state index contributed by atoms with van der Waals surface area (Å²) in [4.78, 5) is 20.5. The summed E-state index contributed by atoms with van der Waals surface area (Å²) in [6.45, 7) is 0. The van der Waals surface area contributed by atoms with Gasteiger partial charge in [0.2, 0.25) is 6.41 Å². The molecule has 0 fully saturated rings. The monoisotopic (exact) mass is 206 g/mol. The van der Waals surface area contributed by atoms with Crippen LogP contribution in [0.15, 0.2) is 18.5 Å². The van der Waals surface area contributed by atoms with Crippen molar-refractivity contribution in [3.05, 3.63) is 18.5 Å². The highest BCUT2D eigenvalue weighted by Gasteiger charge is 2.38. The van der Waals surface area contributed by atoms with E-state index in [1.165, 1.54) is 12.3 Å². The van der Waals surface area contributed by atoms with Crippen molar-refractivity contribution in [2.75, 3.05) is 5.32 Å². The van der Waals surface area contributed by atoms with E-state index < -0.39 is 12.1 Å². The lowest BCUT2D eigenvalue weighted by atomic mass is 10.5. The molecule has 1 heterocycles. The van der Waals surface area contributed by atoms with Crippen LogP contribution in [0.5, 0.6) is 0 Å². The Morgan fingerprint density at radius 2 is 2.14 bits per heavy atom. The number of carbonyl (C=O) groups excluding carboxylic acids is 2. The first-order chi connectivity index (χ1) is 6.43. The predicted octanol–water partition coefficient (Wildman–Crippen LogP) is 1.03. The molecule has 1 aromatic rings. The van der Waals surface area contributed by atoms with Gasteiger partial charge in [-0.1, -0.05) is 0 Å². The van der Waals surface area contributed by atoms with Gasteiger partial charge < -0.3 is 5.32 Å². The van der Waals surface area contributed by atoms with Crippen molar-refractivity contribution >= 4 is 18.0 Å². The van der Waals surface area contributed by atoms with Crippen molar-refractivity contribution in [3.63, 3.8) is 0 Å². The number of hydrogen-bond acceptors (Lipinski definition) is 2. The molecule has 76 valence electrons. The van der Waals surface area contributed by atoms with Gasteiger partial charge in [0.15, 0.2) is 0 Å². The molecule has 4 nitrogen and oxygen atoms in total. The quantitative estimate of drug-likeness (QED) is 0.734. The van der Waals surface area contributed by atoms with Gasteiger partial charge in [-0.25, -0.2) is 0 Å². The first-order valence-electron chi connectivity index (χ1n) is 3.44. The van der Waals surface area contributed by atoms with Crippen molar-refractivity contribution in [2.24, 2.45) is 0 Å². The van der Waals surface area contributed by atoms with Crippen LogP contribution in [0.25, 0.3) is 0 Å². The molecule has 0 saturated heterocycles. The Hall–Kier alpha value is -1.79. The zero-order chi connectivity index (χ0) is 10.8. The number of hydrogen-bond donors (Lipinski definition) is 1. The van der Waals surface area contributed by atoms with Crippen molar-refractivity contribution in [2.45, 2.75) is 6.18 Å². The van der Waals surface area contributed by atoms with E-state index in [-0.39, 0.29) is 5.69 Å². The molecule has 14 heavy (non-hydrogen) atoms. The third kappa shape index (κ3) is 2.35. The molecular formula is C7H5F3N2O2. The van der Waals surface area contributed by atoms with E-state index in [0.29, 0.717) is 6.41 Å². The second-order valence-electron chi connectivity index (χ2n) is 2.40. The summed E-state index contributed by atoms with van der Waals surface area (Å²) in [6.07, 6.45) is -2.25. The molecule has 0 aliphatic heterocycles. The molecule has 1 amide bonds. The lowest BCUT2D eigenvalue weighted by Gasteiger charge is -2.05. The van der Waals surface area contributed by atoms with E-state index in [9.17, 15) is 22.8 Å². The highest BCUT2D eigenvalue weighted by atomic mass is 19.4. The summed E-state index contributed by atoms with van der Waals surface area (Å²) >= 11 is 0. The SMILES string of the molecule is O=Cn1ccc(NC(=O)C(F)(F)F)c1. The Morgan fingerprint density at radius 1 is 1.50 bits per heavy atom. The zero-order valence-corrected chi connectivity index (χ0v) is 6.71. The second-order valence-corrected chi connectivity index (χ2v) is 2.40. The number of nitrogens with one attached hydrogen (secondary N) is 1. The van der Waals surface area contributed by atoms with Crippen LogP contribution in [0.4, 0.5) is 18.9 Å². The van der Waals surface area contributed by atoms with Crippen molar-refractivity contribution in [1.82, 2.24) is 4.57 Å². The maximum absolute atomic E-state index is 11.7. The smallest absolute Gasteiger partial charge is 0.317 e. The van der Waals surface area contributed by atoms with Gasteiger partial charge in [0.1, 0.15) is 0 Å². The van der Waals surface area contributed by atoms with Crippen LogP contribution in [0, 0.1) is 0 Å². The molecule has 1 aromatic heterocycles. The minimum absolute atomic E-state index is 0.0839. The number of nitrogens with zero attached hydrogens (tertiary/aromatic N) is 1. The second kappa shape index (κ2) is 3.52. The number of aromatic nitrogens is 1. The summed E-state index contributed by atoms with van der Waals surface area (Å²) in [6, 6.07) is 1.18. The number of rotatable bonds is 2. The molecule has 0 aliphatic carbocycles. The first kappa shape index (κ1) is 10.3. The van der Waals surface area contributed by atoms with E-state index in [1.54, 1.807) is 5.32 Å². The normalized spacial score (nSPS) is 11.1. The van der Waals surface area contributed by atoms with Gasteiger partial charge in [-0.05, 0) is 6.07 Å². The molecule has 0 radical (unpaired) electrons. The first-order valence-corrected chi connectivity index (χ1v) is 3.44. The topological polar surface area (TPSA) is 51.1 Å². The van der Waals surface area contributed by atoms with Crippen LogP contribution >= 0.6 is 0 Å². The van der Waals surface area contributed by atoms with Crippen LogP contribution in [-0.4, -0.2) is 23.1 Å². The zero-order valence-electron chi connectivity index (χ0n) is 6.71. The van der Waals surface area contributed by atoms with Crippen LogP contribution in [-0.2, 0) is 9.59 Å². The number of anilines is 1. The van der Waals surface area contributed by atoms with E-state index in [4.69, 9.17) is 0 Å². The molecular weight excluding hydrogens is 201 g/mol. The Kier molecular flexibility index (Phi) is 2.59. The number of alkyl halides is 3. The summed E-state index contributed by atoms with van der Waals surface area (Å²) in [5.41, 5.74) is -0.0839. The third-order valence-corrected chi connectivity index (χ3v) is 1.35. The fraction of sp³-hybridized carbons (Fsp3) is 0.143. The number of carbonyl (C=O) groups is 2. The maximum atomic E-state index is 11.7. The van der Waals surface area contributed by atoms with E-state index in [2.05, 4.69) is 0 Å².